The van der Waals surface area contributed by atoms with Crippen LogP contribution >= 0.6 is 0 Å². The van der Waals surface area contributed by atoms with Crippen molar-refractivity contribution in [2.75, 3.05) is 19.1 Å². The highest BCUT2D eigenvalue weighted by Gasteiger charge is 2.43. The van der Waals surface area contributed by atoms with Crippen LogP contribution in [-0.2, 0) is 5.41 Å². The van der Waals surface area contributed by atoms with E-state index >= 15 is 0 Å². The van der Waals surface area contributed by atoms with Crippen molar-refractivity contribution in [2.24, 2.45) is 5.10 Å². The summed E-state index contributed by atoms with van der Waals surface area (Å²) < 4.78 is 2.24. The number of fused-ring (bicyclic) bond motifs is 1. The van der Waals surface area contributed by atoms with E-state index in [1.807, 2.05) is 18.3 Å². The molecule has 2 aromatic carbocycles. The molecule has 0 spiro atoms. The molecule has 1 aliphatic rings. The van der Waals surface area contributed by atoms with Gasteiger partial charge in [0.2, 0.25) is 11.4 Å². The smallest absolute Gasteiger partial charge is 0.212 e. The number of rotatable bonds is 3. The minimum absolute atomic E-state index is 0.0387. The highest BCUT2D eigenvalue weighted by Crippen LogP contribution is 2.38. The van der Waals surface area contributed by atoms with Crippen molar-refractivity contribution in [1.29, 1.82) is 0 Å². The summed E-state index contributed by atoms with van der Waals surface area (Å²) in [6.07, 6.45) is 1.99. The number of hydrazone groups is 1. The van der Waals surface area contributed by atoms with Gasteiger partial charge < -0.3 is 0 Å². The van der Waals surface area contributed by atoms with Gasteiger partial charge in [0.05, 0.1) is 11.1 Å². The third-order valence-corrected chi connectivity index (χ3v) is 4.70. The Morgan fingerprint density at radius 3 is 2.35 bits per heavy atom. The average Bonchev–Trinajstić information content (AvgIpc) is 2.73. The molecule has 1 aliphatic heterocycles. The Hall–Kier alpha value is -2.42. The van der Waals surface area contributed by atoms with Crippen molar-refractivity contribution in [3.63, 3.8) is 0 Å². The molecule has 0 N–H and O–H groups in total. The van der Waals surface area contributed by atoms with Gasteiger partial charge in [-0.05, 0) is 32.9 Å². The fourth-order valence-corrected chi connectivity index (χ4v) is 3.20. The largest absolute Gasteiger partial charge is 0.268 e. The minimum Gasteiger partial charge on any atom is -0.268 e. The van der Waals surface area contributed by atoms with E-state index in [-0.39, 0.29) is 5.41 Å². The zero-order chi connectivity index (χ0) is 16.6. The van der Waals surface area contributed by atoms with Crippen molar-refractivity contribution in [3.05, 3.63) is 59.7 Å². The SMILES string of the molecule is Cc1ccc(N(C)/N=C\C2=[N+](C)c3ccccc3C2(C)C)cc1. The van der Waals surface area contributed by atoms with E-state index in [1.54, 1.807) is 0 Å². The quantitative estimate of drug-likeness (QED) is 0.474. The summed E-state index contributed by atoms with van der Waals surface area (Å²) in [5.41, 5.74) is 6.12. The number of hydrogen-bond acceptors (Lipinski definition) is 2. The van der Waals surface area contributed by atoms with E-state index < -0.39 is 0 Å². The molecule has 0 bridgehead atoms. The molecule has 3 rings (SSSR count). The van der Waals surface area contributed by atoms with E-state index in [9.17, 15) is 0 Å². The molecule has 23 heavy (non-hydrogen) atoms. The summed E-state index contributed by atoms with van der Waals surface area (Å²) in [7, 11) is 4.09. The Balaban J connectivity index is 1.91. The molecular weight excluding hydrogens is 282 g/mol. The van der Waals surface area contributed by atoms with Gasteiger partial charge in [0.1, 0.15) is 13.3 Å². The highest BCUT2D eigenvalue weighted by atomic mass is 15.4. The number of para-hydroxylation sites is 1. The first kappa shape index (κ1) is 15.5. The molecule has 3 nitrogen and oxygen atoms in total. The van der Waals surface area contributed by atoms with Crippen molar-refractivity contribution >= 4 is 23.3 Å². The van der Waals surface area contributed by atoms with E-state index in [4.69, 9.17) is 0 Å². The Bertz CT molecular complexity index is 783. The second kappa shape index (κ2) is 5.65. The van der Waals surface area contributed by atoms with Crippen LogP contribution in [0.1, 0.15) is 25.0 Å². The molecule has 0 unspecified atom stereocenters. The van der Waals surface area contributed by atoms with Gasteiger partial charge in [0.15, 0.2) is 0 Å². The molecular formula is C20H24N3+. The van der Waals surface area contributed by atoms with E-state index in [0.29, 0.717) is 0 Å². The maximum absolute atomic E-state index is 4.66. The van der Waals surface area contributed by atoms with Gasteiger partial charge in [-0.2, -0.15) is 9.68 Å². The molecule has 3 heteroatoms. The van der Waals surface area contributed by atoms with Gasteiger partial charge >= 0.3 is 0 Å². The molecule has 0 fully saturated rings. The monoisotopic (exact) mass is 306 g/mol. The van der Waals surface area contributed by atoms with Gasteiger partial charge in [-0.3, -0.25) is 5.01 Å². The molecule has 1 heterocycles. The van der Waals surface area contributed by atoms with Gasteiger partial charge in [-0.25, -0.2) is 0 Å². The van der Waals surface area contributed by atoms with Gasteiger partial charge in [-0.15, -0.1) is 0 Å². The molecule has 0 atom stereocenters. The standard InChI is InChI=1S/C20H24N3/c1-15-10-12-16(13-11-15)23(5)21-14-19-20(2,3)17-8-6-7-9-18(17)22(19)4/h6-14H,1-5H3/q+1. The lowest BCUT2D eigenvalue weighted by Gasteiger charge is -2.16. The second-order valence-corrected chi connectivity index (χ2v) is 6.69. The van der Waals surface area contributed by atoms with Crippen LogP contribution in [0.4, 0.5) is 11.4 Å². The van der Waals surface area contributed by atoms with Crippen molar-refractivity contribution < 1.29 is 4.58 Å². The molecule has 0 saturated carbocycles. The first-order valence-corrected chi connectivity index (χ1v) is 7.96. The van der Waals surface area contributed by atoms with Crippen LogP contribution in [0.3, 0.4) is 0 Å². The van der Waals surface area contributed by atoms with E-state index in [0.717, 1.165) is 5.69 Å². The van der Waals surface area contributed by atoms with Crippen LogP contribution in [0.15, 0.2) is 53.6 Å². The predicted molar refractivity (Wildman–Crippen MR) is 98.4 cm³/mol. The molecule has 0 radical (unpaired) electrons. The number of aryl methyl sites for hydroxylation is 1. The Kier molecular flexibility index (Phi) is 3.80. The van der Waals surface area contributed by atoms with Gasteiger partial charge in [0.25, 0.3) is 0 Å². The molecule has 118 valence electrons. The normalized spacial score (nSPS) is 16.0. The highest BCUT2D eigenvalue weighted by molar-refractivity contribution is 6.33. The molecule has 0 aromatic heterocycles. The van der Waals surface area contributed by atoms with Crippen LogP contribution in [-0.4, -0.2) is 30.6 Å². The number of hydrogen-bond donors (Lipinski definition) is 0. The van der Waals surface area contributed by atoms with Gasteiger partial charge in [0, 0.05) is 18.7 Å². The first-order chi connectivity index (χ1) is 10.9. The third-order valence-electron chi connectivity index (χ3n) is 4.70. The Morgan fingerprint density at radius 2 is 1.70 bits per heavy atom. The third kappa shape index (κ3) is 2.67. The van der Waals surface area contributed by atoms with Crippen LogP contribution in [0.25, 0.3) is 0 Å². The maximum Gasteiger partial charge on any atom is 0.212 e. The lowest BCUT2D eigenvalue weighted by Crippen LogP contribution is -2.30. The number of anilines is 1. The van der Waals surface area contributed by atoms with Crippen LogP contribution in [0.5, 0.6) is 0 Å². The number of nitrogens with zero attached hydrogens (tertiary/aromatic N) is 3. The zero-order valence-electron chi connectivity index (χ0n) is 14.5. The molecule has 0 aliphatic carbocycles. The Labute approximate surface area is 138 Å². The lowest BCUT2D eigenvalue weighted by molar-refractivity contribution is -0.400. The topological polar surface area (TPSA) is 18.6 Å². The summed E-state index contributed by atoms with van der Waals surface area (Å²) in [4.78, 5) is 0. The summed E-state index contributed by atoms with van der Waals surface area (Å²) in [6.45, 7) is 6.60. The molecule has 0 amide bonds. The summed E-state index contributed by atoms with van der Waals surface area (Å²) in [6, 6.07) is 17.0. The van der Waals surface area contributed by atoms with Crippen molar-refractivity contribution in [3.8, 4) is 0 Å². The molecule has 2 aromatic rings. The summed E-state index contributed by atoms with van der Waals surface area (Å²) in [5, 5.41) is 6.58. The van der Waals surface area contributed by atoms with Crippen molar-refractivity contribution in [1.82, 2.24) is 0 Å². The fraction of sp³-hybridized carbons (Fsp3) is 0.300. The predicted octanol–water partition coefficient (Wildman–Crippen LogP) is 4.12. The first-order valence-electron chi connectivity index (χ1n) is 7.96. The lowest BCUT2D eigenvalue weighted by atomic mass is 9.82. The van der Waals surface area contributed by atoms with E-state index in [2.05, 4.69) is 86.0 Å². The van der Waals surface area contributed by atoms with Gasteiger partial charge in [-0.1, -0.05) is 35.9 Å². The molecule has 0 saturated heterocycles. The van der Waals surface area contributed by atoms with Crippen LogP contribution in [0, 0.1) is 6.92 Å². The van der Waals surface area contributed by atoms with E-state index in [1.165, 1.54) is 22.5 Å². The number of benzene rings is 2. The Morgan fingerprint density at radius 1 is 1.04 bits per heavy atom. The van der Waals surface area contributed by atoms with Crippen LogP contribution < -0.4 is 5.01 Å². The fourth-order valence-electron chi connectivity index (χ4n) is 3.20. The maximum atomic E-state index is 4.66. The average molecular weight is 306 g/mol. The minimum atomic E-state index is -0.0387. The second-order valence-electron chi connectivity index (χ2n) is 6.69. The summed E-state index contributed by atoms with van der Waals surface area (Å²) in [5.74, 6) is 0. The summed E-state index contributed by atoms with van der Waals surface area (Å²) >= 11 is 0. The zero-order valence-corrected chi connectivity index (χ0v) is 14.5. The van der Waals surface area contributed by atoms with Crippen LogP contribution in [0.2, 0.25) is 0 Å². The van der Waals surface area contributed by atoms with Crippen molar-refractivity contribution in [2.45, 2.75) is 26.2 Å².